The van der Waals surface area contributed by atoms with Crippen molar-refractivity contribution in [1.82, 2.24) is 5.32 Å². The Bertz CT molecular complexity index is 393. The highest BCUT2D eigenvalue weighted by Gasteiger charge is 2.30. The van der Waals surface area contributed by atoms with Gasteiger partial charge in [0.05, 0.1) is 12.2 Å². The Labute approximate surface area is 111 Å². The van der Waals surface area contributed by atoms with E-state index in [1.165, 1.54) is 12.1 Å². The monoisotopic (exact) mass is 275 g/mol. The Kier molecular flexibility index (Phi) is 5.82. The Balaban J connectivity index is 2.54. The van der Waals surface area contributed by atoms with E-state index in [-0.39, 0.29) is 18.7 Å². The second kappa shape index (κ2) is 6.91. The molecular weight excluding hydrogens is 255 g/mol. The lowest BCUT2D eigenvalue weighted by atomic mass is 10.0. The lowest BCUT2D eigenvalue weighted by Gasteiger charge is -2.18. The fourth-order valence-electron chi connectivity index (χ4n) is 1.91. The van der Waals surface area contributed by atoms with Crippen LogP contribution in [-0.4, -0.2) is 23.8 Å². The third-order valence-corrected chi connectivity index (χ3v) is 2.96. The molecule has 0 spiro atoms. The summed E-state index contributed by atoms with van der Waals surface area (Å²) in [5.41, 5.74) is 0.0782. The summed E-state index contributed by atoms with van der Waals surface area (Å²) in [5.74, 6) is 0. The quantitative estimate of drug-likeness (QED) is 0.836. The van der Waals surface area contributed by atoms with Crippen molar-refractivity contribution in [1.29, 1.82) is 0 Å². The van der Waals surface area contributed by atoms with Gasteiger partial charge in [-0.1, -0.05) is 18.2 Å². The standard InChI is InChI=1S/C14H20F3NO/c1-10(18-11(2)9-19)6-7-12-4-3-5-13(8-12)14(15,16)17/h3-5,8,10-11,18-19H,6-7,9H2,1-2H3. The molecule has 0 bridgehead atoms. The largest absolute Gasteiger partial charge is 0.416 e. The molecule has 1 aromatic carbocycles. The smallest absolute Gasteiger partial charge is 0.395 e. The minimum atomic E-state index is -4.29. The van der Waals surface area contributed by atoms with Crippen LogP contribution in [-0.2, 0) is 12.6 Å². The predicted molar refractivity (Wildman–Crippen MR) is 68.9 cm³/mol. The lowest BCUT2D eigenvalue weighted by molar-refractivity contribution is -0.137. The summed E-state index contributed by atoms with van der Waals surface area (Å²) in [5, 5.41) is 12.1. The van der Waals surface area contributed by atoms with Crippen LogP contribution in [0, 0.1) is 0 Å². The van der Waals surface area contributed by atoms with E-state index in [9.17, 15) is 13.2 Å². The number of halogens is 3. The maximum absolute atomic E-state index is 12.5. The highest BCUT2D eigenvalue weighted by atomic mass is 19.4. The summed E-state index contributed by atoms with van der Waals surface area (Å²) >= 11 is 0. The van der Waals surface area contributed by atoms with Crippen molar-refractivity contribution < 1.29 is 18.3 Å². The van der Waals surface area contributed by atoms with E-state index >= 15 is 0 Å². The van der Waals surface area contributed by atoms with Crippen LogP contribution in [0.5, 0.6) is 0 Å². The molecule has 108 valence electrons. The van der Waals surface area contributed by atoms with Gasteiger partial charge in [-0.25, -0.2) is 0 Å². The fraction of sp³-hybridized carbons (Fsp3) is 0.571. The van der Waals surface area contributed by atoms with Crippen LogP contribution in [0.15, 0.2) is 24.3 Å². The number of hydrogen-bond acceptors (Lipinski definition) is 2. The third kappa shape index (κ3) is 5.61. The molecule has 0 saturated carbocycles. The second-order valence-corrected chi connectivity index (χ2v) is 4.89. The minimum absolute atomic E-state index is 0.00323. The Hall–Kier alpha value is -1.07. The number of rotatable bonds is 6. The van der Waals surface area contributed by atoms with Gasteiger partial charge in [-0.2, -0.15) is 13.2 Å². The zero-order chi connectivity index (χ0) is 14.5. The number of hydrogen-bond donors (Lipinski definition) is 2. The van der Waals surface area contributed by atoms with Crippen molar-refractivity contribution in [3.05, 3.63) is 35.4 Å². The molecule has 0 aliphatic heterocycles. The van der Waals surface area contributed by atoms with Crippen molar-refractivity contribution in [2.45, 2.75) is 44.9 Å². The molecule has 0 heterocycles. The van der Waals surface area contributed by atoms with Gasteiger partial charge in [-0.05, 0) is 38.3 Å². The molecule has 1 rings (SSSR count). The predicted octanol–water partition coefficient (Wildman–Crippen LogP) is 3.00. The highest BCUT2D eigenvalue weighted by Crippen LogP contribution is 2.29. The van der Waals surface area contributed by atoms with Gasteiger partial charge in [-0.3, -0.25) is 0 Å². The van der Waals surface area contributed by atoms with Crippen molar-refractivity contribution in [2.75, 3.05) is 6.61 Å². The topological polar surface area (TPSA) is 32.3 Å². The second-order valence-electron chi connectivity index (χ2n) is 4.89. The molecule has 0 aliphatic rings. The van der Waals surface area contributed by atoms with E-state index in [2.05, 4.69) is 5.32 Å². The average molecular weight is 275 g/mol. The number of benzene rings is 1. The van der Waals surface area contributed by atoms with Gasteiger partial charge < -0.3 is 10.4 Å². The molecule has 1 aromatic rings. The summed E-state index contributed by atoms with van der Waals surface area (Å²) in [4.78, 5) is 0. The molecule has 0 saturated heterocycles. The van der Waals surface area contributed by atoms with E-state index in [0.29, 0.717) is 12.0 Å². The molecule has 0 radical (unpaired) electrons. The van der Waals surface area contributed by atoms with Crippen molar-refractivity contribution in [3.8, 4) is 0 Å². The number of aliphatic hydroxyl groups is 1. The number of alkyl halides is 3. The molecule has 0 aliphatic carbocycles. The van der Waals surface area contributed by atoms with Crippen molar-refractivity contribution in [3.63, 3.8) is 0 Å². The molecule has 0 aromatic heterocycles. The SMILES string of the molecule is CC(CO)NC(C)CCc1cccc(C(F)(F)F)c1. The normalized spacial score (nSPS) is 15.3. The van der Waals surface area contributed by atoms with Crippen LogP contribution >= 0.6 is 0 Å². The van der Waals surface area contributed by atoms with Crippen molar-refractivity contribution >= 4 is 0 Å². The van der Waals surface area contributed by atoms with Gasteiger partial charge in [0, 0.05) is 12.1 Å². The molecule has 2 unspecified atom stereocenters. The summed E-state index contributed by atoms with van der Waals surface area (Å²) in [7, 11) is 0. The molecule has 5 heteroatoms. The van der Waals surface area contributed by atoms with E-state index in [0.717, 1.165) is 12.5 Å². The molecule has 2 nitrogen and oxygen atoms in total. The first-order chi connectivity index (χ1) is 8.82. The first kappa shape index (κ1) is 16.0. The van der Waals surface area contributed by atoms with Crippen LogP contribution in [0.4, 0.5) is 13.2 Å². The summed E-state index contributed by atoms with van der Waals surface area (Å²) < 4.78 is 37.6. The van der Waals surface area contributed by atoms with Crippen molar-refractivity contribution in [2.24, 2.45) is 0 Å². The van der Waals surface area contributed by atoms with Gasteiger partial charge in [0.2, 0.25) is 0 Å². The molecule has 0 fully saturated rings. The maximum atomic E-state index is 12.5. The van der Waals surface area contributed by atoms with E-state index < -0.39 is 11.7 Å². The van der Waals surface area contributed by atoms with E-state index in [1.807, 2.05) is 13.8 Å². The average Bonchev–Trinajstić information content (AvgIpc) is 2.35. The molecular formula is C14H20F3NO. The molecule has 0 amide bonds. The van der Waals surface area contributed by atoms with E-state index in [4.69, 9.17) is 5.11 Å². The van der Waals surface area contributed by atoms with Crippen LogP contribution in [0.1, 0.15) is 31.4 Å². The maximum Gasteiger partial charge on any atom is 0.416 e. The van der Waals surface area contributed by atoms with Gasteiger partial charge in [-0.15, -0.1) is 0 Å². The molecule has 19 heavy (non-hydrogen) atoms. The zero-order valence-corrected chi connectivity index (χ0v) is 11.2. The third-order valence-electron chi connectivity index (χ3n) is 2.96. The fourth-order valence-corrected chi connectivity index (χ4v) is 1.91. The van der Waals surface area contributed by atoms with Gasteiger partial charge in [0.1, 0.15) is 0 Å². The highest BCUT2D eigenvalue weighted by molar-refractivity contribution is 5.25. The Morgan fingerprint density at radius 1 is 1.21 bits per heavy atom. The van der Waals surface area contributed by atoms with Gasteiger partial charge in [0.15, 0.2) is 0 Å². The summed E-state index contributed by atoms with van der Waals surface area (Å²) in [6.07, 6.45) is -2.98. The zero-order valence-electron chi connectivity index (χ0n) is 11.2. The van der Waals surface area contributed by atoms with E-state index in [1.54, 1.807) is 6.07 Å². The lowest BCUT2D eigenvalue weighted by Crippen LogP contribution is -2.37. The number of aliphatic hydroxyl groups excluding tert-OH is 1. The van der Waals surface area contributed by atoms with Crippen LogP contribution in [0.3, 0.4) is 0 Å². The molecule has 2 atom stereocenters. The summed E-state index contributed by atoms with van der Waals surface area (Å²) in [6.45, 7) is 3.87. The van der Waals surface area contributed by atoms with Gasteiger partial charge in [0.25, 0.3) is 0 Å². The molecule has 2 N–H and O–H groups in total. The minimum Gasteiger partial charge on any atom is -0.395 e. The summed E-state index contributed by atoms with van der Waals surface area (Å²) in [6, 6.07) is 5.57. The Morgan fingerprint density at radius 2 is 1.89 bits per heavy atom. The van der Waals surface area contributed by atoms with Crippen LogP contribution in [0.25, 0.3) is 0 Å². The first-order valence-corrected chi connectivity index (χ1v) is 6.36. The Morgan fingerprint density at radius 3 is 2.47 bits per heavy atom. The number of nitrogens with one attached hydrogen (secondary N) is 1. The van der Waals surface area contributed by atoms with Crippen LogP contribution in [0.2, 0.25) is 0 Å². The number of aryl methyl sites for hydroxylation is 1. The van der Waals surface area contributed by atoms with Gasteiger partial charge >= 0.3 is 6.18 Å². The first-order valence-electron chi connectivity index (χ1n) is 6.36. The van der Waals surface area contributed by atoms with Crippen LogP contribution < -0.4 is 5.32 Å².